The second-order valence-corrected chi connectivity index (χ2v) is 8.86. The van der Waals surface area contributed by atoms with Gasteiger partial charge in [0.25, 0.3) is 5.91 Å². The minimum absolute atomic E-state index is 0.150. The molecule has 0 atom stereocenters. The van der Waals surface area contributed by atoms with Crippen molar-refractivity contribution in [3.8, 4) is 16.8 Å². The number of aromatic nitrogens is 2. The molecule has 7 heteroatoms. The minimum Gasteiger partial charge on any atom is -0.347 e. The summed E-state index contributed by atoms with van der Waals surface area (Å²) >= 11 is 0. The average Bonchev–Trinajstić information content (AvgIpc) is 3.16. The van der Waals surface area contributed by atoms with E-state index in [-0.39, 0.29) is 11.8 Å². The quantitative estimate of drug-likeness (QED) is 0.536. The van der Waals surface area contributed by atoms with Crippen LogP contribution in [0.4, 0.5) is 13.2 Å². The number of halogens is 3. The highest BCUT2D eigenvalue weighted by molar-refractivity contribution is 5.96. The first-order valence-corrected chi connectivity index (χ1v) is 10.0. The minimum atomic E-state index is -4.40. The highest BCUT2D eigenvalue weighted by Gasteiger charge is 2.30. The Hall–Kier alpha value is -3.09. The van der Waals surface area contributed by atoms with Gasteiger partial charge < -0.3 is 9.88 Å². The molecular formula is C24H26F3N3O. The van der Waals surface area contributed by atoms with Gasteiger partial charge in [0.1, 0.15) is 5.82 Å². The van der Waals surface area contributed by atoms with Gasteiger partial charge in [-0.25, -0.2) is 4.98 Å². The molecule has 3 rings (SSSR count). The fourth-order valence-corrected chi connectivity index (χ4v) is 3.27. The lowest BCUT2D eigenvalue weighted by Crippen LogP contribution is -2.40. The summed E-state index contributed by atoms with van der Waals surface area (Å²) in [6.07, 6.45) is -0.900. The molecule has 1 amide bonds. The van der Waals surface area contributed by atoms with Crippen molar-refractivity contribution in [1.29, 1.82) is 0 Å². The van der Waals surface area contributed by atoms with Crippen molar-refractivity contribution in [2.24, 2.45) is 0 Å². The number of nitrogens with zero attached hydrogens (tertiary/aromatic N) is 2. The lowest BCUT2D eigenvalue weighted by molar-refractivity contribution is -0.137. The van der Waals surface area contributed by atoms with E-state index in [0.717, 1.165) is 23.6 Å². The van der Waals surface area contributed by atoms with E-state index in [9.17, 15) is 18.0 Å². The van der Waals surface area contributed by atoms with Crippen molar-refractivity contribution in [3.05, 3.63) is 71.8 Å². The van der Waals surface area contributed by atoms with Crippen molar-refractivity contribution in [3.63, 3.8) is 0 Å². The predicted molar refractivity (Wildman–Crippen MR) is 115 cm³/mol. The molecule has 0 bridgehead atoms. The summed E-state index contributed by atoms with van der Waals surface area (Å²) in [7, 11) is 0. The van der Waals surface area contributed by atoms with Gasteiger partial charge in [0, 0.05) is 35.1 Å². The van der Waals surface area contributed by atoms with E-state index < -0.39 is 17.3 Å². The van der Waals surface area contributed by atoms with Crippen LogP contribution >= 0.6 is 0 Å². The summed E-state index contributed by atoms with van der Waals surface area (Å²) in [5.41, 5.74) is 1.23. The van der Waals surface area contributed by atoms with Gasteiger partial charge in [0.05, 0.1) is 5.56 Å². The molecular weight excluding hydrogens is 403 g/mol. The zero-order valence-electron chi connectivity index (χ0n) is 18.2. The molecule has 0 saturated heterocycles. The summed E-state index contributed by atoms with van der Waals surface area (Å²) in [4.78, 5) is 17.3. The first-order valence-electron chi connectivity index (χ1n) is 10.0. The topological polar surface area (TPSA) is 46.9 Å². The molecule has 164 valence electrons. The third-order valence-corrected chi connectivity index (χ3v) is 4.68. The Balaban J connectivity index is 2.13. The number of carbonyl (C=O) groups is 1. The van der Waals surface area contributed by atoms with E-state index in [0.29, 0.717) is 16.7 Å². The predicted octanol–water partition coefficient (Wildman–Crippen LogP) is 6.21. The summed E-state index contributed by atoms with van der Waals surface area (Å²) in [6, 6.07) is 10.3. The molecule has 4 nitrogen and oxygen atoms in total. The Labute approximate surface area is 180 Å². The van der Waals surface area contributed by atoms with Gasteiger partial charge in [0.15, 0.2) is 0 Å². The van der Waals surface area contributed by atoms with Crippen molar-refractivity contribution in [2.75, 3.05) is 0 Å². The molecule has 1 N–H and O–H groups in total. The normalized spacial score (nSPS) is 12.3. The van der Waals surface area contributed by atoms with Crippen LogP contribution in [0.5, 0.6) is 0 Å². The number of benzene rings is 2. The maximum atomic E-state index is 13.0. The van der Waals surface area contributed by atoms with E-state index in [1.165, 1.54) is 12.1 Å². The molecule has 0 unspecified atom stereocenters. The largest absolute Gasteiger partial charge is 0.416 e. The van der Waals surface area contributed by atoms with Crippen LogP contribution in [-0.4, -0.2) is 21.0 Å². The fraction of sp³-hybridized carbons (Fsp3) is 0.333. The molecule has 2 aromatic carbocycles. The van der Waals surface area contributed by atoms with Crippen LogP contribution in [-0.2, 0) is 6.18 Å². The number of hydrogen-bond acceptors (Lipinski definition) is 2. The molecule has 0 spiro atoms. The summed E-state index contributed by atoms with van der Waals surface area (Å²) in [5, 5.41) is 2.94. The maximum Gasteiger partial charge on any atom is 0.416 e. The van der Waals surface area contributed by atoms with E-state index >= 15 is 0 Å². The Bertz CT molecular complexity index is 1070. The molecule has 0 fully saturated rings. The van der Waals surface area contributed by atoms with E-state index in [1.807, 2.05) is 51.4 Å². The molecule has 1 heterocycles. The van der Waals surface area contributed by atoms with Crippen LogP contribution in [0.25, 0.3) is 16.8 Å². The Morgan fingerprint density at radius 1 is 1.00 bits per heavy atom. The number of rotatable bonds is 4. The van der Waals surface area contributed by atoms with Crippen molar-refractivity contribution in [1.82, 2.24) is 14.9 Å². The molecule has 1 aromatic heterocycles. The Kier molecular flexibility index (Phi) is 5.98. The van der Waals surface area contributed by atoms with Crippen LogP contribution in [0, 0.1) is 0 Å². The molecule has 0 aliphatic rings. The van der Waals surface area contributed by atoms with Gasteiger partial charge >= 0.3 is 6.18 Å². The van der Waals surface area contributed by atoms with Gasteiger partial charge in [-0.05, 0) is 62.2 Å². The monoisotopic (exact) mass is 429 g/mol. The first kappa shape index (κ1) is 22.6. The molecule has 0 aliphatic heterocycles. The van der Waals surface area contributed by atoms with Crippen LogP contribution < -0.4 is 5.32 Å². The van der Waals surface area contributed by atoms with Crippen molar-refractivity contribution in [2.45, 2.75) is 52.3 Å². The second-order valence-electron chi connectivity index (χ2n) is 8.86. The summed E-state index contributed by atoms with van der Waals surface area (Å²) < 4.78 is 40.8. The van der Waals surface area contributed by atoms with Crippen LogP contribution in [0.2, 0.25) is 0 Å². The van der Waals surface area contributed by atoms with Crippen LogP contribution in [0.1, 0.15) is 62.3 Å². The lowest BCUT2D eigenvalue weighted by atomic mass is 9.99. The first-order chi connectivity index (χ1) is 14.3. The number of amides is 1. The van der Waals surface area contributed by atoms with Gasteiger partial charge in [0.2, 0.25) is 0 Å². The molecule has 31 heavy (non-hydrogen) atoms. The van der Waals surface area contributed by atoms with Gasteiger partial charge in [-0.2, -0.15) is 13.2 Å². The zero-order valence-corrected chi connectivity index (χ0v) is 18.2. The second kappa shape index (κ2) is 8.21. The third-order valence-electron chi connectivity index (χ3n) is 4.68. The van der Waals surface area contributed by atoms with E-state index in [4.69, 9.17) is 0 Å². The number of carbonyl (C=O) groups excluding carboxylic acids is 1. The Morgan fingerprint density at radius 2 is 1.65 bits per heavy atom. The van der Waals surface area contributed by atoms with Crippen LogP contribution in [0.15, 0.2) is 54.9 Å². The fourth-order valence-electron chi connectivity index (χ4n) is 3.27. The summed E-state index contributed by atoms with van der Waals surface area (Å²) in [5.74, 6) is 0.719. The number of imidazole rings is 1. The maximum absolute atomic E-state index is 13.0. The molecule has 0 radical (unpaired) electrons. The molecule has 0 aliphatic carbocycles. The number of hydrogen-bond donors (Lipinski definition) is 1. The number of alkyl halides is 3. The number of nitrogens with one attached hydrogen (secondary N) is 1. The standard InChI is InChI=1S/C24H26F3N3O/c1-15(2)21-28-10-11-30(21)20-13-17(12-18(14-20)22(31)29-23(3,4)5)16-6-8-19(9-7-16)24(25,26)27/h6-15H,1-5H3,(H,29,31). The molecule has 3 aromatic rings. The highest BCUT2D eigenvalue weighted by atomic mass is 19.4. The van der Waals surface area contributed by atoms with Gasteiger partial charge in [-0.15, -0.1) is 0 Å². The van der Waals surface area contributed by atoms with Crippen molar-refractivity contribution >= 4 is 5.91 Å². The van der Waals surface area contributed by atoms with Gasteiger partial charge in [-0.1, -0.05) is 26.0 Å². The molecule has 0 saturated carbocycles. The highest BCUT2D eigenvalue weighted by Crippen LogP contribution is 2.32. The third kappa shape index (κ3) is 5.34. The smallest absolute Gasteiger partial charge is 0.347 e. The zero-order chi connectivity index (χ0) is 23.0. The Morgan fingerprint density at radius 3 is 2.19 bits per heavy atom. The lowest BCUT2D eigenvalue weighted by Gasteiger charge is -2.21. The van der Waals surface area contributed by atoms with E-state index in [1.54, 1.807) is 18.3 Å². The average molecular weight is 429 g/mol. The van der Waals surface area contributed by atoms with Gasteiger partial charge in [-0.3, -0.25) is 4.79 Å². The van der Waals surface area contributed by atoms with E-state index in [2.05, 4.69) is 10.3 Å². The van der Waals surface area contributed by atoms with Crippen LogP contribution in [0.3, 0.4) is 0 Å². The summed E-state index contributed by atoms with van der Waals surface area (Å²) in [6.45, 7) is 9.70. The van der Waals surface area contributed by atoms with Crippen molar-refractivity contribution < 1.29 is 18.0 Å². The SMILES string of the molecule is CC(C)c1nccn1-c1cc(C(=O)NC(C)(C)C)cc(-c2ccc(C(F)(F)F)cc2)c1.